The SMILES string of the molecule is COc1cc(CNc2cc3c(cn2)[nH]c2ccccc23)cc(OC)c1OC. The van der Waals surface area contributed by atoms with Crippen LogP contribution < -0.4 is 19.5 Å². The normalized spacial score (nSPS) is 10.9. The van der Waals surface area contributed by atoms with Crippen molar-refractivity contribution in [1.82, 2.24) is 9.97 Å². The number of nitrogens with zero attached hydrogens (tertiary/aromatic N) is 1. The number of pyridine rings is 1. The van der Waals surface area contributed by atoms with Crippen molar-refractivity contribution in [3.63, 3.8) is 0 Å². The van der Waals surface area contributed by atoms with E-state index < -0.39 is 0 Å². The lowest BCUT2D eigenvalue weighted by Crippen LogP contribution is -2.03. The Morgan fingerprint density at radius 1 is 0.889 bits per heavy atom. The molecule has 0 spiro atoms. The third-order valence-electron chi connectivity index (χ3n) is 4.59. The lowest BCUT2D eigenvalue weighted by atomic mass is 10.1. The van der Waals surface area contributed by atoms with Gasteiger partial charge in [0.15, 0.2) is 11.5 Å². The third kappa shape index (κ3) is 3.10. The summed E-state index contributed by atoms with van der Waals surface area (Å²) in [6, 6.07) is 14.2. The average Bonchev–Trinajstić information content (AvgIpc) is 3.09. The second-order valence-electron chi connectivity index (χ2n) is 6.17. The molecule has 27 heavy (non-hydrogen) atoms. The number of methoxy groups -OCH3 is 3. The maximum Gasteiger partial charge on any atom is 0.203 e. The number of para-hydroxylation sites is 1. The Bertz CT molecular complexity index is 1080. The zero-order valence-electron chi connectivity index (χ0n) is 15.5. The molecule has 0 radical (unpaired) electrons. The molecule has 0 bridgehead atoms. The summed E-state index contributed by atoms with van der Waals surface area (Å²) in [7, 11) is 4.82. The number of anilines is 1. The standard InChI is InChI=1S/C21H21N3O3/c1-25-18-8-13(9-19(26-2)21(18)27-3)11-22-20-10-15-14-6-4-5-7-16(14)24-17(15)12-23-20/h4-10,12,24H,11H2,1-3H3,(H,22,23). The van der Waals surface area contributed by atoms with Gasteiger partial charge in [0.1, 0.15) is 5.82 Å². The summed E-state index contributed by atoms with van der Waals surface area (Å²) in [5.74, 6) is 2.66. The van der Waals surface area contributed by atoms with Crippen LogP contribution in [0.3, 0.4) is 0 Å². The van der Waals surface area contributed by atoms with Crippen LogP contribution in [0.25, 0.3) is 21.8 Å². The molecule has 6 nitrogen and oxygen atoms in total. The van der Waals surface area contributed by atoms with Gasteiger partial charge in [-0.3, -0.25) is 0 Å². The Labute approximate surface area is 157 Å². The van der Waals surface area contributed by atoms with E-state index in [4.69, 9.17) is 14.2 Å². The minimum absolute atomic E-state index is 0.581. The fraction of sp³-hybridized carbons (Fsp3) is 0.190. The van der Waals surface area contributed by atoms with E-state index in [-0.39, 0.29) is 0 Å². The van der Waals surface area contributed by atoms with Crippen molar-refractivity contribution in [1.29, 1.82) is 0 Å². The van der Waals surface area contributed by atoms with Crippen LogP contribution in [-0.4, -0.2) is 31.3 Å². The molecule has 0 atom stereocenters. The molecule has 4 aromatic rings. The maximum atomic E-state index is 5.41. The largest absolute Gasteiger partial charge is 0.493 e. The molecule has 0 aliphatic heterocycles. The van der Waals surface area contributed by atoms with Gasteiger partial charge in [0.2, 0.25) is 5.75 Å². The first kappa shape index (κ1) is 17.0. The van der Waals surface area contributed by atoms with Crippen molar-refractivity contribution in [2.24, 2.45) is 0 Å². The van der Waals surface area contributed by atoms with E-state index in [2.05, 4.69) is 33.5 Å². The van der Waals surface area contributed by atoms with Crippen molar-refractivity contribution < 1.29 is 14.2 Å². The summed E-state index contributed by atoms with van der Waals surface area (Å²) in [6.45, 7) is 0.581. The molecule has 138 valence electrons. The molecule has 0 aliphatic carbocycles. The van der Waals surface area contributed by atoms with Gasteiger partial charge < -0.3 is 24.5 Å². The topological polar surface area (TPSA) is 68.4 Å². The molecule has 0 saturated heterocycles. The summed E-state index contributed by atoms with van der Waals surface area (Å²) in [6.07, 6.45) is 1.85. The van der Waals surface area contributed by atoms with Gasteiger partial charge in [0.05, 0.1) is 33.0 Å². The monoisotopic (exact) mass is 363 g/mol. The highest BCUT2D eigenvalue weighted by Crippen LogP contribution is 2.38. The zero-order valence-corrected chi connectivity index (χ0v) is 15.5. The highest BCUT2D eigenvalue weighted by atomic mass is 16.5. The van der Waals surface area contributed by atoms with Gasteiger partial charge in [0.25, 0.3) is 0 Å². The van der Waals surface area contributed by atoms with Gasteiger partial charge in [-0.15, -0.1) is 0 Å². The van der Waals surface area contributed by atoms with Crippen LogP contribution in [-0.2, 0) is 6.54 Å². The minimum atomic E-state index is 0.581. The predicted molar refractivity (Wildman–Crippen MR) is 107 cm³/mol. The first-order chi connectivity index (χ1) is 13.2. The lowest BCUT2D eigenvalue weighted by Gasteiger charge is -2.14. The molecule has 6 heteroatoms. The van der Waals surface area contributed by atoms with Crippen LogP contribution in [0, 0.1) is 0 Å². The first-order valence-corrected chi connectivity index (χ1v) is 8.62. The molecule has 2 N–H and O–H groups in total. The fourth-order valence-corrected chi connectivity index (χ4v) is 3.28. The van der Waals surface area contributed by atoms with Gasteiger partial charge in [-0.1, -0.05) is 18.2 Å². The summed E-state index contributed by atoms with van der Waals surface area (Å²) >= 11 is 0. The Hall–Kier alpha value is -3.41. The number of aromatic nitrogens is 2. The van der Waals surface area contributed by atoms with E-state index in [0.717, 1.165) is 27.8 Å². The van der Waals surface area contributed by atoms with Crippen LogP contribution in [0.4, 0.5) is 5.82 Å². The number of benzene rings is 2. The number of H-pyrrole nitrogens is 1. The van der Waals surface area contributed by atoms with Gasteiger partial charge in [-0.25, -0.2) is 4.98 Å². The van der Waals surface area contributed by atoms with Crippen LogP contribution in [0.15, 0.2) is 48.7 Å². The van der Waals surface area contributed by atoms with Crippen molar-refractivity contribution in [2.75, 3.05) is 26.6 Å². The molecule has 0 fully saturated rings. The van der Waals surface area contributed by atoms with Crippen LogP contribution in [0.1, 0.15) is 5.56 Å². The van der Waals surface area contributed by atoms with Crippen molar-refractivity contribution in [3.8, 4) is 17.2 Å². The highest BCUT2D eigenvalue weighted by molar-refractivity contribution is 6.07. The maximum absolute atomic E-state index is 5.41. The van der Waals surface area contributed by atoms with E-state index in [9.17, 15) is 0 Å². The Morgan fingerprint density at radius 3 is 2.33 bits per heavy atom. The number of fused-ring (bicyclic) bond motifs is 3. The van der Waals surface area contributed by atoms with Crippen LogP contribution in [0.5, 0.6) is 17.2 Å². The van der Waals surface area contributed by atoms with E-state index in [1.165, 1.54) is 5.39 Å². The Balaban J connectivity index is 1.62. The predicted octanol–water partition coefficient (Wildman–Crippen LogP) is 4.35. The highest BCUT2D eigenvalue weighted by Gasteiger charge is 2.13. The number of rotatable bonds is 6. The zero-order chi connectivity index (χ0) is 18.8. The number of aromatic amines is 1. The summed E-state index contributed by atoms with van der Waals surface area (Å²) in [5, 5.41) is 5.70. The number of ether oxygens (including phenoxy) is 3. The molecule has 2 heterocycles. The average molecular weight is 363 g/mol. The quantitative estimate of drug-likeness (QED) is 0.533. The van der Waals surface area contributed by atoms with Gasteiger partial charge >= 0.3 is 0 Å². The summed E-state index contributed by atoms with van der Waals surface area (Å²) in [5.41, 5.74) is 3.14. The lowest BCUT2D eigenvalue weighted by molar-refractivity contribution is 0.324. The molecule has 0 amide bonds. The van der Waals surface area contributed by atoms with Crippen LogP contribution >= 0.6 is 0 Å². The Kier molecular flexibility index (Phi) is 4.46. The molecule has 4 rings (SSSR count). The molecule has 2 aromatic carbocycles. The smallest absolute Gasteiger partial charge is 0.203 e. The van der Waals surface area contributed by atoms with E-state index in [0.29, 0.717) is 23.8 Å². The number of hydrogen-bond donors (Lipinski definition) is 2. The van der Waals surface area contributed by atoms with Gasteiger partial charge in [0, 0.05) is 22.8 Å². The molecule has 0 unspecified atom stereocenters. The number of hydrogen-bond acceptors (Lipinski definition) is 5. The van der Waals surface area contributed by atoms with Crippen molar-refractivity contribution in [2.45, 2.75) is 6.54 Å². The summed E-state index contributed by atoms with van der Waals surface area (Å²) in [4.78, 5) is 7.89. The summed E-state index contributed by atoms with van der Waals surface area (Å²) < 4.78 is 16.2. The molecular formula is C21H21N3O3. The van der Waals surface area contributed by atoms with Crippen LogP contribution in [0.2, 0.25) is 0 Å². The third-order valence-corrected chi connectivity index (χ3v) is 4.59. The fourth-order valence-electron chi connectivity index (χ4n) is 3.28. The van der Waals surface area contributed by atoms with Gasteiger partial charge in [-0.05, 0) is 29.8 Å². The van der Waals surface area contributed by atoms with Gasteiger partial charge in [-0.2, -0.15) is 0 Å². The molecule has 0 saturated carbocycles. The molecule has 2 aromatic heterocycles. The van der Waals surface area contributed by atoms with E-state index >= 15 is 0 Å². The Morgan fingerprint density at radius 2 is 1.63 bits per heavy atom. The first-order valence-electron chi connectivity index (χ1n) is 8.62. The van der Waals surface area contributed by atoms with E-state index in [1.54, 1.807) is 21.3 Å². The van der Waals surface area contributed by atoms with Crippen molar-refractivity contribution in [3.05, 3.63) is 54.2 Å². The molecule has 0 aliphatic rings. The second kappa shape index (κ2) is 7.07. The van der Waals surface area contributed by atoms with E-state index in [1.807, 2.05) is 30.5 Å². The minimum Gasteiger partial charge on any atom is -0.493 e. The molecular weight excluding hydrogens is 342 g/mol. The number of nitrogens with one attached hydrogen (secondary N) is 2. The second-order valence-corrected chi connectivity index (χ2v) is 6.17. The van der Waals surface area contributed by atoms with Crippen molar-refractivity contribution >= 4 is 27.6 Å².